The summed E-state index contributed by atoms with van der Waals surface area (Å²) >= 11 is 0. The molecule has 0 heterocycles. The van der Waals surface area contributed by atoms with E-state index in [0.29, 0.717) is 0 Å². The van der Waals surface area contributed by atoms with E-state index in [0.717, 1.165) is 0 Å². The smallest absolute Gasteiger partial charge is 0.358 e. The summed E-state index contributed by atoms with van der Waals surface area (Å²) in [4.78, 5) is 13.7. The van der Waals surface area contributed by atoms with Crippen LogP contribution in [0.1, 0.15) is 0 Å². The highest BCUT2D eigenvalue weighted by Crippen LogP contribution is 1.95. The molecule has 0 aromatic rings. The second-order valence-corrected chi connectivity index (χ2v) is 1.62. The predicted molar refractivity (Wildman–Crippen MR) is 41.7 cm³/mol. The zero-order chi connectivity index (χ0) is 8.85. The number of nitrogens with two attached hydrogens (primary N) is 2. The van der Waals surface area contributed by atoms with Gasteiger partial charge in [0.1, 0.15) is 5.82 Å². The molecule has 5 heteroatoms. The number of hydrogen-bond donors (Lipinski definition) is 3. The summed E-state index contributed by atoms with van der Waals surface area (Å²) in [6, 6.07) is 0. The van der Waals surface area contributed by atoms with Crippen LogP contribution in [-0.2, 0) is 4.79 Å². The Hall–Kier alpha value is -1.78. The molecule has 0 bridgehead atoms. The van der Waals surface area contributed by atoms with Crippen LogP contribution in [0.15, 0.2) is 29.2 Å². The van der Waals surface area contributed by atoms with Crippen molar-refractivity contribution in [2.45, 2.75) is 0 Å². The van der Waals surface area contributed by atoms with Gasteiger partial charge in [-0.3, -0.25) is 0 Å². The van der Waals surface area contributed by atoms with Gasteiger partial charge >= 0.3 is 5.97 Å². The van der Waals surface area contributed by atoms with Gasteiger partial charge < -0.3 is 16.6 Å². The zero-order valence-electron chi connectivity index (χ0n) is 5.82. The first kappa shape index (κ1) is 9.22. The number of aliphatic carboxylic acids is 1. The van der Waals surface area contributed by atoms with Crippen LogP contribution in [0.25, 0.3) is 0 Å². The highest BCUT2D eigenvalue weighted by Gasteiger charge is 2.06. The number of allylic oxidation sites excluding steroid dienone is 1. The number of hydrogen-bond acceptors (Lipinski definition) is 4. The van der Waals surface area contributed by atoms with E-state index in [2.05, 4.69) is 11.6 Å². The SMILES string of the molecule is C=C/C=N\C(C(=O)O)=C(N)N. The van der Waals surface area contributed by atoms with Gasteiger partial charge in [0, 0.05) is 6.21 Å². The standard InChI is InChI=1S/C6H9N3O2/c1-2-3-9-4(5(7)8)6(10)11/h2-3H,1,7-8H2,(H,10,11)/b9-3-. The van der Waals surface area contributed by atoms with E-state index in [1.54, 1.807) is 0 Å². The van der Waals surface area contributed by atoms with Crippen LogP contribution in [0.4, 0.5) is 0 Å². The quantitative estimate of drug-likeness (QED) is 0.374. The Morgan fingerprint density at radius 3 is 2.36 bits per heavy atom. The van der Waals surface area contributed by atoms with Gasteiger partial charge in [-0.2, -0.15) is 0 Å². The maximum Gasteiger partial charge on any atom is 0.358 e. The average molecular weight is 155 g/mol. The zero-order valence-corrected chi connectivity index (χ0v) is 5.82. The molecule has 0 aliphatic carbocycles. The fraction of sp³-hybridized carbons (Fsp3) is 0. The van der Waals surface area contributed by atoms with E-state index < -0.39 is 5.97 Å². The van der Waals surface area contributed by atoms with Gasteiger partial charge in [0.05, 0.1) is 0 Å². The van der Waals surface area contributed by atoms with Crippen LogP contribution in [0, 0.1) is 0 Å². The van der Waals surface area contributed by atoms with Gasteiger partial charge in [0.15, 0.2) is 5.70 Å². The molecule has 0 amide bonds. The molecule has 0 aliphatic heterocycles. The fourth-order valence-electron chi connectivity index (χ4n) is 0.380. The Morgan fingerprint density at radius 2 is 2.09 bits per heavy atom. The number of nitrogens with zero attached hydrogens (tertiary/aromatic N) is 1. The van der Waals surface area contributed by atoms with E-state index >= 15 is 0 Å². The third-order valence-electron chi connectivity index (χ3n) is 0.785. The van der Waals surface area contributed by atoms with Crippen molar-refractivity contribution in [1.82, 2.24) is 0 Å². The van der Waals surface area contributed by atoms with Crippen LogP contribution in [-0.4, -0.2) is 17.3 Å². The van der Waals surface area contributed by atoms with Crippen LogP contribution in [0.2, 0.25) is 0 Å². The van der Waals surface area contributed by atoms with Gasteiger partial charge in [0.2, 0.25) is 0 Å². The average Bonchev–Trinajstić information content (AvgIpc) is 1.87. The van der Waals surface area contributed by atoms with Gasteiger partial charge in [-0.25, -0.2) is 9.79 Å². The van der Waals surface area contributed by atoms with Crippen LogP contribution >= 0.6 is 0 Å². The molecule has 0 aliphatic rings. The van der Waals surface area contributed by atoms with Gasteiger partial charge in [-0.1, -0.05) is 12.7 Å². The Kier molecular flexibility index (Phi) is 3.44. The monoisotopic (exact) mass is 155 g/mol. The molecule has 0 atom stereocenters. The number of aliphatic imine (C=N–C) groups is 1. The third kappa shape index (κ3) is 3.04. The van der Waals surface area contributed by atoms with Crippen molar-refractivity contribution in [3.63, 3.8) is 0 Å². The number of carboxylic acid groups (broad SMARTS) is 1. The van der Waals surface area contributed by atoms with Gasteiger partial charge in [-0.15, -0.1) is 0 Å². The topological polar surface area (TPSA) is 102 Å². The summed E-state index contributed by atoms with van der Waals surface area (Å²) in [5, 5.41) is 8.40. The molecule has 5 N–H and O–H groups in total. The van der Waals surface area contributed by atoms with Crippen LogP contribution in [0.3, 0.4) is 0 Å². The summed E-state index contributed by atoms with van der Waals surface area (Å²) < 4.78 is 0. The Balaban J connectivity index is 4.64. The maximum absolute atomic E-state index is 10.3. The van der Waals surface area contributed by atoms with E-state index in [4.69, 9.17) is 16.6 Å². The molecule has 0 radical (unpaired) electrons. The van der Waals surface area contributed by atoms with Crippen molar-refractivity contribution in [2.24, 2.45) is 16.5 Å². The minimum Gasteiger partial charge on any atom is -0.476 e. The lowest BCUT2D eigenvalue weighted by molar-refractivity contribution is -0.132. The predicted octanol–water partition coefficient (Wildman–Crippen LogP) is -0.586. The molecule has 60 valence electrons. The third-order valence-corrected chi connectivity index (χ3v) is 0.785. The molecule has 5 nitrogen and oxygen atoms in total. The summed E-state index contributed by atoms with van der Waals surface area (Å²) in [6.07, 6.45) is 2.52. The Morgan fingerprint density at radius 1 is 1.55 bits per heavy atom. The van der Waals surface area contributed by atoms with E-state index in [1.165, 1.54) is 12.3 Å². The van der Waals surface area contributed by atoms with Crippen LogP contribution in [0.5, 0.6) is 0 Å². The molecule has 0 aromatic heterocycles. The van der Waals surface area contributed by atoms with E-state index in [-0.39, 0.29) is 11.5 Å². The molecule has 0 spiro atoms. The molecule has 0 aromatic carbocycles. The second kappa shape index (κ2) is 4.10. The first-order chi connectivity index (χ1) is 5.09. The second-order valence-electron chi connectivity index (χ2n) is 1.62. The van der Waals surface area contributed by atoms with E-state index in [1.807, 2.05) is 0 Å². The Bertz CT molecular complexity index is 226. The molecule has 0 fully saturated rings. The number of carboxylic acids is 1. The summed E-state index contributed by atoms with van der Waals surface area (Å²) in [5.74, 6) is -1.58. The van der Waals surface area contributed by atoms with Crippen molar-refractivity contribution in [3.05, 3.63) is 24.2 Å². The van der Waals surface area contributed by atoms with Crippen molar-refractivity contribution in [1.29, 1.82) is 0 Å². The number of carbonyl (C=O) groups is 1. The van der Waals surface area contributed by atoms with E-state index in [9.17, 15) is 4.79 Å². The Labute approximate surface area is 63.7 Å². The normalized spacial score (nSPS) is 9.45. The van der Waals surface area contributed by atoms with Gasteiger partial charge in [0.25, 0.3) is 0 Å². The van der Waals surface area contributed by atoms with Crippen LogP contribution < -0.4 is 11.5 Å². The minimum absolute atomic E-state index is 0.324. The lowest BCUT2D eigenvalue weighted by Crippen LogP contribution is -2.16. The molecule has 0 saturated heterocycles. The highest BCUT2D eigenvalue weighted by molar-refractivity contribution is 5.89. The van der Waals surface area contributed by atoms with Gasteiger partial charge in [-0.05, 0) is 0 Å². The summed E-state index contributed by atoms with van der Waals surface area (Å²) in [7, 11) is 0. The molecule has 0 unspecified atom stereocenters. The van der Waals surface area contributed by atoms with Crippen molar-refractivity contribution in [2.75, 3.05) is 0 Å². The summed E-state index contributed by atoms with van der Waals surface area (Å²) in [6.45, 7) is 3.30. The molecular formula is C6H9N3O2. The lowest BCUT2D eigenvalue weighted by Gasteiger charge is -1.94. The molecule has 0 rings (SSSR count). The minimum atomic E-state index is -1.26. The fourth-order valence-corrected chi connectivity index (χ4v) is 0.380. The molecule has 11 heavy (non-hydrogen) atoms. The molecule has 0 saturated carbocycles. The number of rotatable bonds is 3. The van der Waals surface area contributed by atoms with Crippen molar-refractivity contribution in [3.8, 4) is 0 Å². The lowest BCUT2D eigenvalue weighted by atomic mass is 10.4. The first-order valence-electron chi connectivity index (χ1n) is 2.73. The summed E-state index contributed by atoms with van der Waals surface area (Å²) in [5.41, 5.74) is 9.64. The first-order valence-corrected chi connectivity index (χ1v) is 2.73. The maximum atomic E-state index is 10.3. The molecular weight excluding hydrogens is 146 g/mol. The van der Waals surface area contributed by atoms with Crippen molar-refractivity contribution < 1.29 is 9.90 Å². The van der Waals surface area contributed by atoms with Crippen molar-refractivity contribution >= 4 is 12.2 Å². The largest absolute Gasteiger partial charge is 0.476 e. The highest BCUT2D eigenvalue weighted by atomic mass is 16.4.